The van der Waals surface area contributed by atoms with Crippen LogP contribution >= 0.6 is 0 Å². The third-order valence-corrected chi connectivity index (χ3v) is 5.40. The highest BCUT2D eigenvalue weighted by Crippen LogP contribution is 2.32. The highest BCUT2D eigenvalue weighted by molar-refractivity contribution is 5.55. The van der Waals surface area contributed by atoms with Gasteiger partial charge in [-0.25, -0.2) is 0 Å². The van der Waals surface area contributed by atoms with Gasteiger partial charge in [-0.05, 0) is 35.7 Å². The Kier molecular flexibility index (Phi) is 4.62. The third kappa shape index (κ3) is 3.43. The van der Waals surface area contributed by atoms with Crippen molar-refractivity contribution in [2.24, 2.45) is 0 Å². The maximum Gasteiger partial charge on any atom is 0.165 e. The molecule has 144 valence electrons. The molecule has 3 aromatic heterocycles. The number of benzene rings is 1. The molecule has 1 atom stereocenters. The van der Waals surface area contributed by atoms with E-state index >= 15 is 0 Å². The van der Waals surface area contributed by atoms with Crippen molar-refractivity contribution in [3.8, 4) is 11.4 Å². The molecule has 29 heavy (non-hydrogen) atoms. The minimum Gasteiger partial charge on any atom is -0.309 e. The highest BCUT2D eigenvalue weighted by Gasteiger charge is 2.29. The molecule has 1 aromatic carbocycles. The predicted octanol–water partition coefficient (Wildman–Crippen LogP) is 3.65. The SMILES string of the molecule is Cc1cncc(-c2nnc3n2CCN(C(c2ccccc2)c2cccnc2)C3)c1. The maximum absolute atomic E-state index is 4.51. The molecule has 0 bridgehead atoms. The number of hydrogen-bond donors (Lipinski definition) is 0. The zero-order valence-corrected chi connectivity index (χ0v) is 16.3. The lowest BCUT2D eigenvalue weighted by Gasteiger charge is -2.35. The van der Waals surface area contributed by atoms with E-state index < -0.39 is 0 Å². The Morgan fingerprint density at radius 3 is 2.52 bits per heavy atom. The zero-order chi connectivity index (χ0) is 19.6. The number of aromatic nitrogens is 5. The summed E-state index contributed by atoms with van der Waals surface area (Å²) in [5.41, 5.74) is 4.59. The van der Waals surface area contributed by atoms with Crippen molar-refractivity contribution in [2.45, 2.75) is 26.1 Å². The first-order valence-corrected chi connectivity index (χ1v) is 9.82. The second-order valence-corrected chi connectivity index (χ2v) is 7.41. The van der Waals surface area contributed by atoms with Crippen molar-refractivity contribution in [1.82, 2.24) is 29.6 Å². The van der Waals surface area contributed by atoms with Gasteiger partial charge in [0.2, 0.25) is 0 Å². The van der Waals surface area contributed by atoms with Crippen molar-refractivity contribution in [3.05, 3.63) is 95.8 Å². The van der Waals surface area contributed by atoms with E-state index in [0.717, 1.165) is 42.4 Å². The molecule has 1 unspecified atom stereocenters. The molecule has 0 saturated carbocycles. The lowest BCUT2D eigenvalue weighted by atomic mass is 9.98. The normalized spacial score (nSPS) is 15.1. The summed E-state index contributed by atoms with van der Waals surface area (Å²) in [5.74, 6) is 1.88. The number of nitrogens with zero attached hydrogens (tertiary/aromatic N) is 6. The van der Waals surface area contributed by atoms with E-state index in [1.54, 1.807) is 0 Å². The molecule has 6 nitrogen and oxygen atoms in total. The predicted molar refractivity (Wildman–Crippen MR) is 111 cm³/mol. The van der Waals surface area contributed by atoms with Crippen LogP contribution in [0.4, 0.5) is 0 Å². The quantitative estimate of drug-likeness (QED) is 0.539. The van der Waals surface area contributed by atoms with Crippen molar-refractivity contribution in [2.75, 3.05) is 6.54 Å². The molecular weight excluding hydrogens is 360 g/mol. The number of pyridine rings is 2. The van der Waals surface area contributed by atoms with Crippen molar-refractivity contribution in [3.63, 3.8) is 0 Å². The van der Waals surface area contributed by atoms with Crippen molar-refractivity contribution in [1.29, 1.82) is 0 Å². The summed E-state index contributed by atoms with van der Waals surface area (Å²) in [6.07, 6.45) is 7.50. The van der Waals surface area contributed by atoms with Gasteiger partial charge in [0.1, 0.15) is 5.82 Å². The second kappa shape index (κ2) is 7.56. The lowest BCUT2D eigenvalue weighted by Crippen LogP contribution is -2.37. The van der Waals surface area contributed by atoms with Crippen LogP contribution in [0.25, 0.3) is 11.4 Å². The lowest BCUT2D eigenvalue weighted by molar-refractivity contribution is 0.176. The molecule has 0 saturated heterocycles. The summed E-state index contributed by atoms with van der Waals surface area (Å²) in [6.45, 7) is 4.53. The Balaban J connectivity index is 1.49. The summed E-state index contributed by atoms with van der Waals surface area (Å²) in [7, 11) is 0. The van der Waals surface area contributed by atoms with Crippen LogP contribution in [0.3, 0.4) is 0 Å². The molecule has 0 fully saturated rings. The first-order chi connectivity index (χ1) is 14.3. The van der Waals surface area contributed by atoms with Crippen LogP contribution < -0.4 is 0 Å². The zero-order valence-electron chi connectivity index (χ0n) is 16.3. The van der Waals surface area contributed by atoms with Crippen LogP contribution in [0, 0.1) is 6.92 Å². The Hall–Kier alpha value is -3.38. The molecule has 1 aliphatic heterocycles. The van der Waals surface area contributed by atoms with E-state index in [2.05, 4.69) is 72.1 Å². The van der Waals surface area contributed by atoms with Gasteiger partial charge >= 0.3 is 0 Å². The Morgan fingerprint density at radius 2 is 1.72 bits per heavy atom. The Bertz CT molecular complexity index is 1070. The van der Waals surface area contributed by atoms with Gasteiger partial charge in [-0.1, -0.05) is 36.4 Å². The molecular formula is C23H22N6. The average Bonchev–Trinajstić information content (AvgIpc) is 3.19. The molecule has 6 heteroatoms. The van der Waals surface area contributed by atoms with Crippen LogP contribution in [0.15, 0.2) is 73.3 Å². The number of rotatable bonds is 4. The van der Waals surface area contributed by atoms with E-state index in [4.69, 9.17) is 0 Å². The molecule has 0 spiro atoms. The molecule has 0 radical (unpaired) electrons. The molecule has 5 rings (SSSR count). The fourth-order valence-corrected chi connectivity index (χ4v) is 4.07. The number of aryl methyl sites for hydroxylation is 1. The first kappa shape index (κ1) is 17.7. The van der Waals surface area contributed by atoms with Crippen LogP contribution in [-0.2, 0) is 13.1 Å². The molecule has 1 aliphatic rings. The smallest absolute Gasteiger partial charge is 0.165 e. The van der Waals surface area contributed by atoms with E-state index in [9.17, 15) is 0 Å². The van der Waals surface area contributed by atoms with Gasteiger partial charge in [0, 0.05) is 43.4 Å². The monoisotopic (exact) mass is 382 g/mol. The largest absolute Gasteiger partial charge is 0.309 e. The van der Waals surface area contributed by atoms with Crippen LogP contribution in [-0.4, -0.2) is 36.2 Å². The van der Waals surface area contributed by atoms with Crippen molar-refractivity contribution < 1.29 is 0 Å². The Labute approximate surface area is 169 Å². The van der Waals surface area contributed by atoms with E-state index in [1.807, 2.05) is 37.8 Å². The number of fused-ring (bicyclic) bond motifs is 1. The van der Waals surface area contributed by atoms with Gasteiger partial charge in [-0.2, -0.15) is 0 Å². The summed E-state index contributed by atoms with van der Waals surface area (Å²) < 4.78 is 2.22. The van der Waals surface area contributed by atoms with Gasteiger partial charge in [0.05, 0.1) is 12.6 Å². The fraction of sp³-hybridized carbons (Fsp3) is 0.217. The van der Waals surface area contributed by atoms with E-state index in [-0.39, 0.29) is 6.04 Å². The summed E-state index contributed by atoms with van der Waals surface area (Å²) in [4.78, 5) is 11.1. The van der Waals surface area contributed by atoms with Gasteiger partial charge in [-0.15, -0.1) is 10.2 Å². The maximum atomic E-state index is 4.51. The van der Waals surface area contributed by atoms with Gasteiger partial charge in [0.15, 0.2) is 5.82 Å². The minimum atomic E-state index is 0.138. The first-order valence-electron chi connectivity index (χ1n) is 9.82. The minimum absolute atomic E-state index is 0.138. The molecule has 0 N–H and O–H groups in total. The van der Waals surface area contributed by atoms with Gasteiger partial charge < -0.3 is 4.57 Å². The number of hydrogen-bond acceptors (Lipinski definition) is 5. The molecule has 0 amide bonds. The van der Waals surface area contributed by atoms with Crippen molar-refractivity contribution >= 4 is 0 Å². The topological polar surface area (TPSA) is 59.7 Å². The Morgan fingerprint density at radius 1 is 0.862 bits per heavy atom. The van der Waals surface area contributed by atoms with Crippen LogP contribution in [0.5, 0.6) is 0 Å². The molecule has 4 heterocycles. The highest BCUT2D eigenvalue weighted by atomic mass is 15.3. The summed E-state index contributed by atoms with van der Waals surface area (Å²) in [5, 5.41) is 8.99. The van der Waals surface area contributed by atoms with Gasteiger partial charge in [-0.3, -0.25) is 14.9 Å². The summed E-state index contributed by atoms with van der Waals surface area (Å²) >= 11 is 0. The average molecular weight is 382 g/mol. The fourth-order valence-electron chi connectivity index (χ4n) is 4.07. The van der Waals surface area contributed by atoms with E-state index in [0.29, 0.717) is 0 Å². The van der Waals surface area contributed by atoms with Gasteiger partial charge in [0.25, 0.3) is 0 Å². The van der Waals surface area contributed by atoms with Crippen LogP contribution in [0.2, 0.25) is 0 Å². The van der Waals surface area contributed by atoms with Crippen LogP contribution in [0.1, 0.15) is 28.6 Å². The summed E-state index contributed by atoms with van der Waals surface area (Å²) in [6, 6.07) is 17.0. The molecule has 4 aromatic rings. The molecule has 0 aliphatic carbocycles. The van der Waals surface area contributed by atoms with E-state index in [1.165, 1.54) is 11.1 Å². The second-order valence-electron chi connectivity index (χ2n) is 7.41. The third-order valence-electron chi connectivity index (χ3n) is 5.40. The standard InChI is InChI=1S/C23H22N6/c1-17-12-20(15-25-13-17)23-27-26-21-16-28(10-11-29(21)23)22(18-6-3-2-4-7-18)19-8-5-9-24-14-19/h2-9,12-15,22H,10-11,16H2,1H3.